The van der Waals surface area contributed by atoms with Gasteiger partial charge < -0.3 is 41.0 Å². The van der Waals surface area contributed by atoms with Gasteiger partial charge >= 0.3 is 5.69 Å². The molecule has 0 unspecified atom stereocenters. The number of phosphoric ester groups is 1. The number of aliphatic hydroxyl groups excluding tert-OH is 1. The number of phosphoric acid groups is 1. The Bertz CT molecular complexity index is 674. The summed E-state index contributed by atoms with van der Waals surface area (Å²) in [6.07, 6.45) is -5.98. The Labute approximate surface area is 128 Å². The van der Waals surface area contributed by atoms with E-state index in [1.54, 1.807) is 0 Å². The van der Waals surface area contributed by atoms with Gasteiger partial charge in [-0.05, 0) is 0 Å². The first-order chi connectivity index (χ1) is 9.69. The van der Waals surface area contributed by atoms with Crippen LogP contribution in [0.5, 0.6) is 0 Å². The fourth-order valence-electron chi connectivity index (χ4n) is 1.86. The largest absolute Gasteiger partial charge is 0.790 e. The summed E-state index contributed by atoms with van der Waals surface area (Å²) in [6.45, 7) is -0.888. The number of rotatable bonds is 4. The summed E-state index contributed by atoms with van der Waals surface area (Å²) in [7, 11) is -5.30. The predicted octanol–water partition coefficient (Wildman–Crippen LogP) is -2.27. The Morgan fingerprint density at radius 3 is 2.57 bits per heavy atom. The third kappa shape index (κ3) is 5.02. The first kappa shape index (κ1) is 21.6. The fourth-order valence-corrected chi connectivity index (χ4v) is 2.19. The second-order valence-corrected chi connectivity index (χ2v) is 5.41. The lowest BCUT2D eigenvalue weighted by atomic mass is 10.1. The van der Waals surface area contributed by atoms with Crippen molar-refractivity contribution in [2.24, 2.45) is 0 Å². The summed E-state index contributed by atoms with van der Waals surface area (Å²) in [5.41, 5.74) is -1.68. The van der Waals surface area contributed by atoms with Crippen molar-refractivity contribution in [3.63, 3.8) is 0 Å². The molecule has 14 heteroatoms. The van der Waals surface area contributed by atoms with Crippen molar-refractivity contribution in [2.75, 3.05) is 6.61 Å². The maximum absolute atomic E-state index is 13.9. The van der Waals surface area contributed by atoms with E-state index in [0.29, 0.717) is 4.57 Å². The fraction of sp³-hybridized carbons (Fsp3) is 0.556. The van der Waals surface area contributed by atoms with Crippen molar-refractivity contribution >= 4 is 7.82 Å². The minimum atomic E-state index is -5.30. The van der Waals surface area contributed by atoms with E-state index in [-0.39, 0.29) is 12.3 Å². The van der Waals surface area contributed by atoms with E-state index in [0.717, 1.165) is 12.3 Å². The number of nitrogens with zero attached hydrogens (tertiary/aromatic N) is 1. The molecule has 0 bridgehead atoms. The number of ether oxygens (including phenoxy) is 1. The van der Waals surface area contributed by atoms with Gasteiger partial charge in [-0.25, -0.2) is 9.18 Å². The number of nitrogens with one attached hydrogen (secondary N) is 1. The van der Waals surface area contributed by atoms with E-state index in [4.69, 9.17) is 4.74 Å². The van der Waals surface area contributed by atoms with Gasteiger partial charge in [0.2, 0.25) is 0 Å². The number of quaternary nitrogens is 2. The molecular formula is C9H18FN4O8P. The molecule has 12 nitrogen and oxygen atoms in total. The lowest BCUT2D eigenvalue weighted by molar-refractivity contribution is -0.343. The maximum atomic E-state index is 13.9. The van der Waals surface area contributed by atoms with Crippen LogP contribution >= 0.6 is 7.82 Å². The number of alkyl halides is 1. The summed E-state index contributed by atoms with van der Waals surface area (Å²) < 4.78 is 33.8. The van der Waals surface area contributed by atoms with Crippen LogP contribution in [0, 0.1) is 0 Å². The molecule has 0 amide bonds. The minimum Gasteiger partial charge on any atom is -0.790 e. The monoisotopic (exact) mass is 360 g/mol. The van der Waals surface area contributed by atoms with Crippen LogP contribution in [0.1, 0.15) is 6.23 Å². The molecule has 1 aromatic heterocycles. The molecule has 1 aliphatic rings. The van der Waals surface area contributed by atoms with E-state index in [1.807, 2.05) is 4.98 Å². The van der Waals surface area contributed by atoms with E-state index < -0.39 is 50.3 Å². The molecule has 1 fully saturated rings. The van der Waals surface area contributed by atoms with Gasteiger partial charge in [0.1, 0.15) is 12.2 Å². The second-order valence-electron chi connectivity index (χ2n) is 4.26. The van der Waals surface area contributed by atoms with E-state index >= 15 is 0 Å². The molecule has 1 saturated heterocycles. The molecule has 0 spiro atoms. The molecule has 2 heterocycles. The first-order valence-corrected chi connectivity index (χ1v) is 7.11. The van der Waals surface area contributed by atoms with Crippen molar-refractivity contribution in [3.05, 3.63) is 33.1 Å². The second kappa shape index (κ2) is 7.90. The number of aliphatic hydroxyl groups is 1. The zero-order chi connectivity index (χ0) is 15.8. The van der Waals surface area contributed by atoms with Gasteiger partial charge in [-0.3, -0.25) is 14.3 Å². The highest BCUT2D eigenvalue weighted by atomic mass is 31.2. The number of H-pyrrole nitrogens is 1. The molecule has 1 aromatic rings. The predicted molar refractivity (Wildman–Crippen MR) is 71.7 cm³/mol. The Morgan fingerprint density at radius 1 is 1.43 bits per heavy atom. The number of hydrogen-bond donors (Lipinski definition) is 4. The first-order valence-electron chi connectivity index (χ1n) is 5.65. The highest BCUT2D eigenvalue weighted by Gasteiger charge is 2.45. The topological polar surface area (TPSA) is 230 Å². The summed E-state index contributed by atoms with van der Waals surface area (Å²) >= 11 is 0. The van der Waals surface area contributed by atoms with Crippen LogP contribution < -0.4 is 33.3 Å². The van der Waals surface area contributed by atoms with Gasteiger partial charge in [0, 0.05) is 12.3 Å². The normalized spacial score (nSPS) is 27.1. The zero-order valence-corrected chi connectivity index (χ0v) is 13.1. The zero-order valence-electron chi connectivity index (χ0n) is 12.2. The van der Waals surface area contributed by atoms with Gasteiger partial charge in [0.25, 0.3) is 5.56 Å². The highest BCUT2D eigenvalue weighted by Crippen LogP contribution is 2.33. The average molecular weight is 360 g/mol. The number of hydrogen-bond acceptors (Lipinski definition) is 8. The molecule has 10 N–H and O–H groups in total. The lowest BCUT2D eigenvalue weighted by Crippen LogP contribution is -2.35. The van der Waals surface area contributed by atoms with Gasteiger partial charge in [0.15, 0.2) is 12.4 Å². The Hall–Kier alpha value is -1.44. The van der Waals surface area contributed by atoms with Gasteiger partial charge in [0.05, 0.1) is 14.4 Å². The standard InChI is InChI=1S/C9H12FN2O8P.2H3N/c10-6-7(14)4(3-19-21(16,17)18)20-8(6)12-2-1-5(13)11-9(12)15;;/h1-2,4,6-8,14H,3H2,(H,11,13,15)(H2,16,17,18);2*1H3/t4-,6-,7-,8-;;/m1../s1. The molecule has 1 aliphatic heterocycles. The summed E-state index contributed by atoms with van der Waals surface area (Å²) in [5, 5.41) is 9.57. The van der Waals surface area contributed by atoms with Crippen molar-refractivity contribution in [1.29, 1.82) is 0 Å². The van der Waals surface area contributed by atoms with Gasteiger partial charge in [-0.2, -0.15) is 0 Å². The van der Waals surface area contributed by atoms with E-state index in [9.17, 15) is 33.4 Å². The molecule has 134 valence electrons. The van der Waals surface area contributed by atoms with Gasteiger partial charge in [-0.15, -0.1) is 0 Å². The van der Waals surface area contributed by atoms with Crippen molar-refractivity contribution < 1.29 is 33.1 Å². The molecule has 0 saturated carbocycles. The number of aromatic nitrogens is 2. The third-order valence-electron chi connectivity index (χ3n) is 2.82. The van der Waals surface area contributed by atoms with Crippen molar-refractivity contribution in [3.8, 4) is 0 Å². The Morgan fingerprint density at radius 2 is 2.04 bits per heavy atom. The summed E-state index contributed by atoms with van der Waals surface area (Å²) in [5.74, 6) is 0. The number of aromatic amines is 1. The van der Waals surface area contributed by atoms with Crippen LogP contribution in [-0.2, 0) is 13.8 Å². The molecule has 2 rings (SSSR count). The van der Waals surface area contributed by atoms with Crippen molar-refractivity contribution in [2.45, 2.75) is 24.6 Å². The van der Waals surface area contributed by atoms with E-state index in [1.165, 1.54) is 0 Å². The summed E-state index contributed by atoms with van der Waals surface area (Å²) in [6, 6.07) is 0.942. The van der Waals surface area contributed by atoms with Crippen molar-refractivity contribution in [1.82, 2.24) is 21.9 Å². The molecule has 4 atom stereocenters. The molecule has 23 heavy (non-hydrogen) atoms. The number of halogens is 1. The van der Waals surface area contributed by atoms with E-state index in [2.05, 4.69) is 4.52 Å². The smallest absolute Gasteiger partial charge is 0.330 e. The maximum Gasteiger partial charge on any atom is 0.330 e. The SMILES string of the molecule is O=c1ccn([C@@H]2O[C@H](COP(=O)([O-])[O-])[C@@H](O)[C@H]2F)c(=O)[nH]1.[NH4+].[NH4+]. The molecule has 0 aromatic carbocycles. The van der Waals surface area contributed by atoms with Crippen LogP contribution in [-0.4, -0.2) is 39.6 Å². The average Bonchev–Trinajstić information content (AvgIpc) is 2.64. The molecular weight excluding hydrogens is 342 g/mol. The van der Waals surface area contributed by atoms with Crippen LogP contribution in [0.2, 0.25) is 0 Å². The highest BCUT2D eigenvalue weighted by molar-refractivity contribution is 7.43. The third-order valence-corrected chi connectivity index (χ3v) is 3.28. The van der Waals surface area contributed by atoms with Crippen LogP contribution in [0.4, 0.5) is 4.39 Å². The summed E-state index contributed by atoms with van der Waals surface area (Å²) in [4.78, 5) is 45.0. The minimum absolute atomic E-state index is 0. The van der Waals surface area contributed by atoms with Gasteiger partial charge in [-0.1, -0.05) is 0 Å². The Balaban J connectivity index is 0.00000242. The Kier molecular flexibility index (Phi) is 7.40. The van der Waals surface area contributed by atoms with Crippen LogP contribution in [0.15, 0.2) is 21.9 Å². The molecule has 0 aliphatic carbocycles. The van der Waals surface area contributed by atoms with Crippen LogP contribution in [0.25, 0.3) is 0 Å². The van der Waals surface area contributed by atoms with Crippen LogP contribution in [0.3, 0.4) is 0 Å². The molecule has 0 radical (unpaired) electrons. The lowest BCUT2D eigenvalue weighted by Gasteiger charge is -2.30. The quantitative estimate of drug-likeness (QED) is 0.426.